The van der Waals surface area contributed by atoms with Gasteiger partial charge in [-0.25, -0.2) is 4.39 Å². The number of hydrogen-bond donors (Lipinski definition) is 0. The smallest absolute Gasteiger partial charge is 0.180 e. The molecule has 0 fully saturated rings. The fraction of sp³-hybridized carbons (Fsp3) is 0.417. The maximum Gasteiger partial charge on any atom is 0.180 e. The highest BCUT2D eigenvalue weighted by atomic mass is 79.9. The van der Waals surface area contributed by atoms with Crippen LogP contribution in [0.4, 0.5) is 4.39 Å². The highest BCUT2D eigenvalue weighted by molar-refractivity contribution is 9.10. The summed E-state index contributed by atoms with van der Waals surface area (Å²) in [7, 11) is 1.59. The van der Waals surface area contributed by atoms with Crippen molar-refractivity contribution in [3.05, 3.63) is 28.0 Å². The number of benzene rings is 1. The van der Waals surface area contributed by atoms with Crippen LogP contribution in [0.1, 0.15) is 5.56 Å². The third-order valence-electron chi connectivity index (χ3n) is 2.08. The first-order chi connectivity index (χ1) is 8.70. The second-order valence-corrected chi connectivity index (χ2v) is 4.10. The topological polar surface area (TPSA) is 51.5 Å². The molecule has 18 heavy (non-hydrogen) atoms. The molecule has 1 aromatic rings. The molecule has 98 valence electrons. The van der Waals surface area contributed by atoms with Crippen LogP contribution in [0.15, 0.2) is 16.6 Å². The van der Waals surface area contributed by atoms with Crippen LogP contribution < -0.4 is 4.74 Å². The third kappa shape index (κ3) is 4.26. The van der Waals surface area contributed by atoms with E-state index in [1.165, 1.54) is 12.1 Å². The minimum absolute atomic E-state index is 0.0937. The minimum Gasteiger partial charge on any atom is -0.488 e. The summed E-state index contributed by atoms with van der Waals surface area (Å²) in [5.74, 6) is -0.484. The van der Waals surface area contributed by atoms with E-state index in [-0.39, 0.29) is 22.4 Å². The van der Waals surface area contributed by atoms with Gasteiger partial charge in [-0.05, 0) is 28.1 Å². The Morgan fingerprint density at radius 1 is 1.28 bits per heavy atom. The van der Waals surface area contributed by atoms with Crippen molar-refractivity contribution in [2.24, 2.45) is 0 Å². The predicted octanol–water partition coefficient (Wildman–Crippen LogP) is 2.50. The number of rotatable bonds is 7. The Hall–Kier alpha value is -1.16. The van der Waals surface area contributed by atoms with Crippen LogP contribution in [0.3, 0.4) is 0 Å². The highest BCUT2D eigenvalue weighted by Gasteiger charge is 2.11. The largest absolute Gasteiger partial charge is 0.488 e. The Kier molecular flexibility index (Phi) is 6.65. The minimum atomic E-state index is -0.578. The van der Waals surface area contributed by atoms with Crippen molar-refractivity contribution in [3.63, 3.8) is 0 Å². The summed E-state index contributed by atoms with van der Waals surface area (Å²) in [6.07, 6.45) is 0. The number of nitriles is 1. The molecule has 0 atom stereocenters. The Morgan fingerprint density at radius 2 is 2.00 bits per heavy atom. The lowest BCUT2D eigenvalue weighted by atomic mass is 10.2. The Morgan fingerprint density at radius 3 is 2.67 bits per heavy atom. The molecule has 0 aromatic heterocycles. The van der Waals surface area contributed by atoms with Gasteiger partial charge in [0.1, 0.15) is 12.7 Å². The zero-order chi connectivity index (χ0) is 13.4. The molecule has 0 aliphatic heterocycles. The van der Waals surface area contributed by atoms with Crippen molar-refractivity contribution in [3.8, 4) is 11.8 Å². The first kappa shape index (κ1) is 14.9. The predicted molar refractivity (Wildman–Crippen MR) is 67.0 cm³/mol. The summed E-state index contributed by atoms with van der Waals surface area (Å²) in [4.78, 5) is 0. The molecule has 0 radical (unpaired) electrons. The van der Waals surface area contributed by atoms with E-state index in [2.05, 4.69) is 15.9 Å². The average Bonchev–Trinajstić information content (AvgIpc) is 2.38. The Labute approximate surface area is 113 Å². The van der Waals surface area contributed by atoms with E-state index in [0.717, 1.165) is 0 Å². The first-order valence-corrected chi connectivity index (χ1v) is 6.07. The second kappa shape index (κ2) is 8.03. The van der Waals surface area contributed by atoms with Crippen molar-refractivity contribution >= 4 is 15.9 Å². The second-order valence-electron chi connectivity index (χ2n) is 3.30. The van der Waals surface area contributed by atoms with Crippen LogP contribution in [-0.2, 0) is 9.47 Å². The fourth-order valence-corrected chi connectivity index (χ4v) is 1.60. The van der Waals surface area contributed by atoms with Gasteiger partial charge in [0.25, 0.3) is 0 Å². The van der Waals surface area contributed by atoms with Gasteiger partial charge in [0.15, 0.2) is 11.6 Å². The monoisotopic (exact) mass is 317 g/mol. The van der Waals surface area contributed by atoms with Gasteiger partial charge in [-0.2, -0.15) is 5.26 Å². The van der Waals surface area contributed by atoms with Crippen LogP contribution in [0, 0.1) is 17.1 Å². The van der Waals surface area contributed by atoms with Crippen LogP contribution >= 0.6 is 15.9 Å². The van der Waals surface area contributed by atoms with Gasteiger partial charge in [-0.1, -0.05) is 0 Å². The van der Waals surface area contributed by atoms with Crippen LogP contribution in [-0.4, -0.2) is 33.5 Å². The SMILES string of the molecule is COCCOCCOc1ccc(C#N)c(Br)c1F. The molecule has 0 bridgehead atoms. The molecule has 0 aliphatic rings. The third-order valence-corrected chi connectivity index (χ3v) is 2.86. The maximum atomic E-state index is 13.7. The number of nitrogens with zero attached hydrogens (tertiary/aromatic N) is 1. The van der Waals surface area contributed by atoms with Gasteiger partial charge in [-0.15, -0.1) is 0 Å². The van der Waals surface area contributed by atoms with Gasteiger partial charge in [0.2, 0.25) is 0 Å². The van der Waals surface area contributed by atoms with E-state index in [0.29, 0.717) is 19.8 Å². The Balaban J connectivity index is 2.44. The molecular weight excluding hydrogens is 305 g/mol. The number of hydrogen-bond acceptors (Lipinski definition) is 4. The number of ether oxygens (including phenoxy) is 3. The highest BCUT2D eigenvalue weighted by Crippen LogP contribution is 2.28. The van der Waals surface area contributed by atoms with Gasteiger partial charge in [0.05, 0.1) is 29.9 Å². The standard InChI is InChI=1S/C12H13BrFNO3/c1-16-4-5-17-6-7-18-10-3-2-9(8-15)11(13)12(10)14/h2-3H,4-7H2,1H3. The molecule has 0 heterocycles. The zero-order valence-electron chi connectivity index (χ0n) is 9.91. The lowest BCUT2D eigenvalue weighted by molar-refractivity contribution is 0.0538. The van der Waals surface area contributed by atoms with Crippen molar-refractivity contribution in [1.29, 1.82) is 5.26 Å². The quantitative estimate of drug-likeness (QED) is 0.725. The van der Waals surface area contributed by atoms with Gasteiger partial charge in [-0.3, -0.25) is 0 Å². The zero-order valence-corrected chi connectivity index (χ0v) is 11.5. The molecule has 0 saturated carbocycles. The average molecular weight is 318 g/mol. The summed E-state index contributed by atoms with van der Waals surface area (Å²) < 4.78 is 29.0. The summed E-state index contributed by atoms with van der Waals surface area (Å²) in [5, 5.41) is 8.71. The molecular formula is C12H13BrFNO3. The molecule has 0 aliphatic carbocycles. The van der Waals surface area contributed by atoms with Crippen molar-refractivity contribution in [1.82, 2.24) is 0 Å². The first-order valence-electron chi connectivity index (χ1n) is 5.28. The summed E-state index contributed by atoms with van der Waals surface area (Å²) >= 11 is 3.01. The number of halogens is 2. The molecule has 0 saturated heterocycles. The summed E-state index contributed by atoms with van der Waals surface area (Å²) in [6.45, 7) is 1.57. The van der Waals surface area contributed by atoms with E-state index in [1.807, 2.05) is 6.07 Å². The summed E-state index contributed by atoms with van der Waals surface area (Å²) in [6, 6.07) is 4.79. The van der Waals surface area contributed by atoms with E-state index >= 15 is 0 Å². The lowest BCUT2D eigenvalue weighted by Crippen LogP contribution is -2.10. The van der Waals surface area contributed by atoms with E-state index < -0.39 is 5.82 Å². The van der Waals surface area contributed by atoms with Gasteiger partial charge in [0, 0.05) is 7.11 Å². The molecule has 0 unspecified atom stereocenters. The normalized spacial score (nSPS) is 10.1. The van der Waals surface area contributed by atoms with E-state index in [4.69, 9.17) is 19.5 Å². The molecule has 1 aromatic carbocycles. The number of methoxy groups -OCH3 is 1. The van der Waals surface area contributed by atoms with E-state index in [1.54, 1.807) is 7.11 Å². The van der Waals surface area contributed by atoms with Crippen LogP contribution in [0.25, 0.3) is 0 Å². The van der Waals surface area contributed by atoms with Crippen molar-refractivity contribution < 1.29 is 18.6 Å². The van der Waals surface area contributed by atoms with Crippen molar-refractivity contribution in [2.75, 3.05) is 33.5 Å². The fourth-order valence-electron chi connectivity index (χ4n) is 1.18. The maximum absolute atomic E-state index is 13.7. The summed E-state index contributed by atoms with van der Waals surface area (Å²) in [5.41, 5.74) is 0.233. The lowest BCUT2D eigenvalue weighted by Gasteiger charge is -2.09. The molecule has 0 spiro atoms. The van der Waals surface area contributed by atoms with Crippen molar-refractivity contribution in [2.45, 2.75) is 0 Å². The Bertz CT molecular complexity index is 434. The van der Waals surface area contributed by atoms with Gasteiger partial charge >= 0.3 is 0 Å². The molecule has 1 rings (SSSR count). The molecule has 6 heteroatoms. The van der Waals surface area contributed by atoms with Crippen LogP contribution in [0.5, 0.6) is 5.75 Å². The molecule has 0 amide bonds. The van der Waals surface area contributed by atoms with E-state index in [9.17, 15) is 4.39 Å². The molecule has 4 nitrogen and oxygen atoms in total. The van der Waals surface area contributed by atoms with Gasteiger partial charge < -0.3 is 14.2 Å². The van der Waals surface area contributed by atoms with Crippen LogP contribution in [0.2, 0.25) is 0 Å². The molecule has 0 N–H and O–H groups in total.